The van der Waals surface area contributed by atoms with E-state index >= 15 is 0 Å². The lowest BCUT2D eigenvalue weighted by Gasteiger charge is -2.40. The van der Waals surface area contributed by atoms with Crippen LogP contribution in [0, 0.1) is 0 Å². The molecular weight excluding hydrogens is 198 g/mol. The third-order valence-electron chi connectivity index (χ3n) is 3.54. The van der Waals surface area contributed by atoms with E-state index in [9.17, 15) is 0 Å². The van der Waals surface area contributed by atoms with Gasteiger partial charge in [0.1, 0.15) is 0 Å². The van der Waals surface area contributed by atoms with E-state index in [-0.39, 0.29) is 0 Å². The Labute approximate surface area is 97.7 Å². The van der Waals surface area contributed by atoms with Crippen LogP contribution in [0.1, 0.15) is 31.9 Å². The van der Waals surface area contributed by atoms with Crippen molar-refractivity contribution in [2.45, 2.75) is 44.8 Å². The first kappa shape index (κ1) is 11.6. The Kier molecular flexibility index (Phi) is 3.91. The number of hydrogen-bond donors (Lipinski definition) is 1. The molecule has 2 unspecified atom stereocenters. The second kappa shape index (κ2) is 5.41. The zero-order valence-electron chi connectivity index (χ0n) is 9.97. The number of piperidine rings is 1. The molecule has 2 rings (SSSR count). The molecule has 1 fully saturated rings. The first-order chi connectivity index (χ1) is 7.81. The lowest BCUT2D eigenvalue weighted by Crippen LogP contribution is -2.48. The van der Waals surface area contributed by atoms with Gasteiger partial charge in [-0.25, -0.2) is 0 Å². The van der Waals surface area contributed by atoms with Gasteiger partial charge in [0.25, 0.3) is 0 Å². The van der Waals surface area contributed by atoms with Gasteiger partial charge in [-0.3, -0.25) is 9.88 Å². The van der Waals surface area contributed by atoms with Crippen molar-refractivity contribution < 1.29 is 0 Å². The van der Waals surface area contributed by atoms with Crippen LogP contribution in [0.4, 0.5) is 0 Å². The summed E-state index contributed by atoms with van der Waals surface area (Å²) in [7, 11) is 0. The number of aromatic nitrogens is 1. The molecule has 16 heavy (non-hydrogen) atoms. The van der Waals surface area contributed by atoms with Crippen molar-refractivity contribution in [3.05, 3.63) is 30.1 Å². The lowest BCUT2D eigenvalue weighted by molar-refractivity contribution is 0.0878. The minimum Gasteiger partial charge on any atom is -0.329 e. The first-order valence-corrected chi connectivity index (χ1v) is 6.17. The molecule has 1 saturated heterocycles. The molecule has 1 aromatic heterocycles. The SMILES string of the molecule is CC1CCCC(CN)N1Cc1ccccn1. The molecule has 2 atom stereocenters. The predicted octanol–water partition coefficient (Wildman–Crippen LogP) is 1.78. The number of nitrogens with zero attached hydrogens (tertiary/aromatic N) is 2. The highest BCUT2D eigenvalue weighted by Crippen LogP contribution is 2.23. The van der Waals surface area contributed by atoms with Gasteiger partial charge in [-0.2, -0.15) is 0 Å². The van der Waals surface area contributed by atoms with Crippen LogP contribution in [0.2, 0.25) is 0 Å². The maximum absolute atomic E-state index is 5.85. The Morgan fingerprint density at radius 2 is 2.31 bits per heavy atom. The summed E-state index contributed by atoms with van der Waals surface area (Å²) in [5.41, 5.74) is 7.00. The highest BCUT2D eigenvalue weighted by atomic mass is 15.2. The van der Waals surface area contributed by atoms with Crippen LogP contribution < -0.4 is 5.73 Å². The third kappa shape index (κ3) is 2.60. The summed E-state index contributed by atoms with van der Waals surface area (Å²) in [5.74, 6) is 0. The highest BCUT2D eigenvalue weighted by Gasteiger charge is 2.26. The van der Waals surface area contributed by atoms with E-state index in [0.717, 1.165) is 18.8 Å². The quantitative estimate of drug-likeness (QED) is 0.842. The maximum atomic E-state index is 5.85. The van der Waals surface area contributed by atoms with Gasteiger partial charge in [0.2, 0.25) is 0 Å². The smallest absolute Gasteiger partial charge is 0.0544 e. The summed E-state index contributed by atoms with van der Waals surface area (Å²) in [6.07, 6.45) is 5.68. The fourth-order valence-corrected chi connectivity index (χ4v) is 2.56. The van der Waals surface area contributed by atoms with Gasteiger partial charge in [0, 0.05) is 31.4 Å². The van der Waals surface area contributed by atoms with Gasteiger partial charge in [-0.15, -0.1) is 0 Å². The summed E-state index contributed by atoms with van der Waals surface area (Å²) >= 11 is 0. The van der Waals surface area contributed by atoms with Crippen LogP contribution in [-0.2, 0) is 6.54 Å². The lowest BCUT2D eigenvalue weighted by atomic mass is 9.96. The summed E-state index contributed by atoms with van der Waals surface area (Å²) in [6.45, 7) is 3.99. The van der Waals surface area contributed by atoms with E-state index in [4.69, 9.17) is 5.73 Å². The monoisotopic (exact) mass is 219 g/mol. The molecule has 3 heteroatoms. The Hall–Kier alpha value is -0.930. The van der Waals surface area contributed by atoms with Gasteiger partial charge in [0.15, 0.2) is 0 Å². The van der Waals surface area contributed by atoms with Crippen molar-refractivity contribution in [2.24, 2.45) is 5.73 Å². The molecule has 0 amide bonds. The fourth-order valence-electron chi connectivity index (χ4n) is 2.56. The molecule has 1 aliphatic rings. The van der Waals surface area contributed by atoms with Crippen LogP contribution in [0.5, 0.6) is 0 Å². The average molecular weight is 219 g/mol. The van der Waals surface area contributed by atoms with Crippen LogP contribution in [0.3, 0.4) is 0 Å². The third-order valence-corrected chi connectivity index (χ3v) is 3.54. The highest BCUT2D eigenvalue weighted by molar-refractivity contribution is 5.04. The van der Waals surface area contributed by atoms with Crippen molar-refractivity contribution in [2.75, 3.05) is 6.54 Å². The molecule has 0 radical (unpaired) electrons. The molecule has 0 aliphatic carbocycles. The van der Waals surface area contributed by atoms with Crippen LogP contribution in [-0.4, -0.2) is 28.5 Å². The maximum Gasteiger partial charge on any atom is 0.0544 e. The summed E-state index contributed by atoms with van der Waals surface area (Å²) in [5, 5.41) is 0. The number of nitrogens with two attached hydrogens (primary N) is 1. The Balaban J connectivity index is 2.05. The predicted molar refractivity (Wildman–Crippen MR) is 65.9 cm³/mol. The van der Waals surface area contributed by atoms with E-state index in [2.05, 4.69) is 22.9 Å². The molecule has 0 bridgehead atoms. The fraction of sp³-hybridized carbons (Fsp3) is 0.615. The summed E-state index contributed by atoms with van der Waals surface area (Å²) in [6, 6.07) is 7.27. The van der Waals surface area contributed by atoms with Crippen LogP contribution in [0.25, 0.3) is 0 Å². The van der Waals surface area contributed by atoms with E-state index < -0.39 is 0 Å². The molecule has 0 spiro atoms. The number of pyridine rings is 1. The Morgan fingerprint density at radius 3 is 3.00 bits per heavy atom. The molecule has 0 aromatic carbocycles. The molecular formula is C13H21N3. The van der Waals surface area contributed by atoms with Crippen molar-refractivity contribution in [3.8, 4) is 0 Å². The van der Waals surface area contributed by atoms with Crippen molar-refractivity contribution in [3.63, 3.8) is 0 Å². The molecule has 1 aromatic rings. The van der Waals surface area contributed by atoms with Gasteiger partial charge < -0.3 is 5.73 Å². The largest absolute Gasteiger partial charge is 0.329 e. The van der Waals surface area contributed by atoms with Crippen molar-refractivity contribution in [1.29, 1.82) is 0 Å². The van der Waals surface area contributed by atoms with Crippen molar-refractivity contribution in [1.82, 2.24) is 9.88 Å². The zero-order valence-corrected chi connectivity index (χ0v) is 9.97. The molecule has 2 N–H and O–H groups in total. The van der Waals surface area contributed by atoms with Gasteiger partial charge in [-0.1, -0.05) is 12.5 Å². The minimum absolute atomic E-state index is 0.533. The summed E-state index contributed by atoms with van der Waals surface area (Å²) in [4.78, 5) is 6.90. The van der Waals surface area contributed by atoms with E-state index in [1.807, 2.05) is 18.3 Å². The van der Waals surface area contributed by atoms with E-state index in [1.165, 1.54) is 19.3 Å². The van der Waals surface area contributed by atoms with Gasteiger partial charge in [-0.05, 0) is 31.9 Å². The van der Waals surface area contributed by atoms with Crippen LogP contribution in [0.15, 0.2) is 24.4 Å². The second-order valence-electron chi connectivity index (χ2n) is 4.66. The number of rotatable bonds is 3. The summed E-state index contributed by atoms with van der Waals surface area (Å²) < 4.78 is 0. The average Bonchev–Trinajstić information content (AvgIpc) is 2.33. The number of hydrogen-bond acceptors (Lipinski definition) is 3. The standard InChI is InChI=1S/C13H21N3/c1-11-5-4-7-13(9-14)16(11)10-12-6-2-3-8-15-12/h2-3,6,8,11,13H,4-5,7,9-10,14H2,1H3. The first-order valence-electron chi connectivity index (χ1n) is 6.17. The molecule has 2 heterocycles. The molecule has 0 saturated carbocycles. The van der Waals surface area contributed by atoms with Gasteiger partial charge >= 0.3 is 0 Å². The number of likely N-dealkylation sites (tertiary alicyclic amines) is 1. The Bertz CT molecular complexity index is 312. The molecule has 88 valence electrons. The molecule has 3 nitrogen and oxygen atoms in total. The topological polar surface area (TPSA) is 42.1 Å². The molecule has 1 aliphatic heterocycles. The second-order valence-corrected chi connectivity index (χ2v) is 4.66. The normalized spacial score (nSPS) is 26.9. The Morgan fingerprint density at radius 1 is 1.44 bits per heavy atom. The van der Waals surface area contributed by atoms with Gasteiger partial charge in [0.05, 0.1) is 5.69 Å². The minimum atomic E-state index is 0.533. The van der Waals surface area contributed by atoms with E-state index in [1.54, 1.807) is 0 Å². The van der Waals surface area contributed by atoms with Crippen LogP contribution >= 0.6 is 0 Å². The van der Waals surface area contributed by atoms with E-state index in [0.29, 0.717) is 12.1 Å². The zero-order chi connectivity index (χ0) is 11.4. The van der Waals surface area contributed by atoms with Crippen molar-refractivity contribution >= 4 is 0 Å².